The molecule has 1 aromatic heterocycles. The average molecular weight is 497 g/mol. The summed E-state index contributed by atoms with van der Waals surface area (Å²) >= 11 is 0. The fourth-order valence-corrected chi connectivity index (χ4v) is 3.71. The van der Waals surface area contributed by atoms with Crippen molar-refractivity contribution in [3.05, 3.63) is 53.6 Å². The zero-order valence-corrected chi connectivity index (χ0v) is 19.8. The summed E-state index contributed by atoms with van der Waals surface area (Å²) in [5.74, 6) is -2.37. The maximum atomic E-state index is 13.9. The van der Waals surface area contributed by atoms with E-state index in [1.54, 1.807) is 20.8 Å². The molecule has 7 nitrogen and oxygen atoms in total. The SMILES string of the molecule is CCC1CCN(C(=O)OC(C)(C)C)C1Oc1cc(NC(=O)c2cccnc2F)cc(C(F)(F)F)c1. The van der Waals surface area contributed by atoms with Crippen molar-refractivity contribution in [2.75, 3.05) is 11.9 Å². The van der Waals surface area contributed by atoms with Crippen LogP contribution in [-0.4, -0.2) is 40.3 Å². The summed E-state index contributed by atoms with van der Waals surface area (Å²) in [5.41, 5.74) is -2.52. The highest BCUT2D eigenvalue weighted by atomic mass is 19.4. The number of benzene rings is 1. The van der Waals surface area contributed by atoms with E-state index in [2.05, 4.69) is 10.3 Å². The first-order valence-electron chi connectivity index (χ1n) is 11.1. The van der Waals surface area contributed by atoms with Gasteiger partial charge in [-0.3, -0.25) is 9.69 Å². The molecule has 11 heteroatoms. The number of aromatic nitrogens is 1. The van der Waals surface area contributed by atoms with Gasteiger partial charge < -0.3 is 14.8 Å². The lowest BCUT2D eigenvalue weighted by Crippen LogP contribution is -2.44. The van der Waals surface area contributed by atoms with Crippen molar-refractivity contribution in [1.29, 1.82) is 0 Å². The monoisotopic (exact) mass is 497 g/mol. The highest BCUT2D eigenvalue weighted by Gasteiger charge is 2.40. The van der Waals surface area contributed by atoms with Crippen LogP contribution in [0.1, 0.15) is 56.5 Å². The molecule has 2 amide bonds. The highest BCUT2D eigenvalue weighted by Crippen LogP contribution is 2.37. The second-order valence-electron chi connectivity index (χ2n) is 9.18. The number of nitrogens with one attached hydrogen (secondary N) is 1. The van der Waals surface area contributed by atoms with Crippen LogP contribution in [0, 0.1) is 11.9 Å². The summed E-state index contributed by atoms with van der Waals surface area (Å²) in [6.07, 6.45) is -3.90. The van der Waals surface area contributed by atoms with Gasteiger partial charge in [-0.1, -0.05) is 6.92 Å². The molecule has 2 atom stereocenters. The van der Waals surface area contributed by atoms with Gasteiger partial charge in [0.2, 0.25) is 5.95 Å². The third-order valence-electron chi connectivity index (χ3n) is 5.36. The van der Waals surface area contributed by atoms with Crippen LogP contribution in [0.4, 0.5) is 28.0 Å². The van der Waals surface area contributed by atoms with Gasteiger partial charge in [0.05, 0.1) is 11.1 Å². The maximum absolute atomic E-state index is 13.9. The van der Waals surface area contributed by atoms with Gasteiger partial charge in [0.1, 0.15) is 11.4 Å². The second-order valence-corrected chi connectivity index (χ2v) is 9.18. The summed E-state index contributed by atoms with van der Waals surface area (Å²) < 4.78 is 66.0. The Morgan fingerprint density at radius 1 is 1.20 bits per heavy atom. The first-order valence-corrected chi connectivity index (χ1v) is 11.1. The molecule has 1 aromatic carbocycles. The number of pyridine rings is 1. The summed E-state index contributed by atoms with van der Waals surface area (Å²) in [6, 6.07) is 5.19. The van der Waals surface area contributed by atoms with Gasteiger partial charge in [0, 0.05) is 30.4 Å². The Morgan fingerprint density at radius 3 is 2.51 bits per heavy atom. The van der Waals surface area contributed by atoms with E-state index >= 15 is 0 Å². The van der Waals surface area contributed by atoms with Gasteiger partial charge >= 0.3 is 12.3 Å². The van der Waals surface area contributed by atoms with Crippen LogP contribution in [-0.2, 0) is 10.9 Å². The van der Waals surface area contributed by atoms with Crippen LogP contribution in [0.2, 0.25) is 0 Å². The fraction of sp³-hybridized carbons (Fsp3) is 0.458. The van der Waals surface area contributed by atoms with E-state index in [4.69, 9.17) is 9.47 Å². The minimum absolute atomic E-state index is 0.139. The molecule has 3 rings (SSSR count). The van der Waals surface area contributed by atoms with E-state index < -0.39 is 47.1 Å². The number of amides is 2. The number of rotatable bonds is 5. The average Bonchev–Trinajstić information content (AvgIpc) is 3.14. The molecule has 1 aliphatic heterocycles. The van der Waals surface area contributed by atoms with Gasteiger partial charge in [0.25, 0.3) is 5.91 Å². The first-order chi connectivity index (χ1) is 16.3. The van der Waals surface area contributed by atoms with Gasteiger partial charge in [0.15, 0.2) is 6.23 Å². The van der Waals surface area contributed by atoms with Gasteiger partial charge in [-0.2, -0.15) is 17.6 Å². The van der Waals surface area contributed by atoms with Crippen molar-refractivity contribution in [2.24, 2.45) is 5.92 Å². The molecule has 1 N–H and O–H groups in total. The summed E-state index contributed by atoms with van der Waals surface area (Å²) in [7, 11) is 0. The van der Waals surface area contributed by atoms with Crippen LogP contribution in [0.15, 0.2) is 36.5 Å². The highest BCUT2D eigenvalue weighted by molar-refractivity contribution is 6.04. The normalized spacial score (nSPS) is 18.3. The maximum Gasteiger partial charge on any atom is 0.416 e. The van der Waals surface area contributed by atoms with E-state index in [1.807, 2.05) is 6.92 Å². The zero-order chi connectivity index (χ0) is 26.0. The Balaban J connectivity index is 1.91. The van der Waals surface area contributed by atoms with E-state index in [0.717, 1.165) is 24.4 Å². The Bertz CT molecular complexity index is 1090. The van der Waals surface area contributed by atoms with Gasteiger partial charge in [-0.15, -0.1) is 0 Å². The molecule has 2 aromatic rings. The van der Waals surface area contributed by atoms with Crippen molar-refractivity contribution < 1.29 is 36.6 Å². The van der Waals surface area contributed by atoms with Crippen molar-refractivity contribution >= 4 is 17.7 Å². The Morgan fingerprint density at radius 2 is 1.91 bits per heavy atom. The van der Waals surface area contributed by atoms with E-state index in [9.17, 15) is 27.2 Å². The van der Waals surface area contributed by atoms with Gasteiger partial charge in [-0.05, 0) is 57.9 Å². The van der Waals surface area contributed by atoms with Crippen LogP contribution >= 0.6 is 0 Å². The molecular formula is C24H27F4N3O4. The molecule has 35 heavy (non-hydrogen) atoms. The van der Waals surface area contributed by atoms with Crippen molar-refractivity contribution in [3.8, 4) is 5.75 Å². The Kier molecular flexibility index (Phi) is 7.56. The lowest BCUT2D eigenvalue weighted by atomic mass is 10.0. The van der Waals surface area contributed by atoms with Crippen LogP contribution < -0.4 is 10.1 Å². The molecule has 0 radical (unpaired) electrons. The fourth-order valence-electron chi connectivity index (χ4n) is 3.71. The van der Waals surface area contributed by atoms with E-state index in [-0.39, 0.29) is 17.4 Å². The Hall–Kier alpha value is -3.37. The lowest BCUT2D eigenvalue weighted by molar-refractivity contribution is -0.137. The smallest absolute Gasteiger partial charge is 0.416 e. The number of likely N-dealkylation sites (tertiary alicyclic amines) is 1. The van der Waals surface area contributed by atoms with E-state index in [0.29, 0.717) is 19.4 Å². The zero-order valence-electron chi connectivity index (χ0n) is 19.8. The number of alkyl halides is 3. The predicted octanol–water partition coefficient (Wildman–Crippen LogP) is 5.86. The number of halogens is 4. The quantitative estimate of drug-likeness (QED) is 0.413. The molecular weight excluding hydrogens is 470 g/mol. The summed E-state index contributed by atoms with van der Waals surface area (Å²) in [5, 5.41) is 2.26. The van der Waals surface area contributed by atoms with Crippen molar-refractivity contribution in [1.82, 2.24) is 9.88 Å². The molecule has 1 aliphatic rings. The molecule has 1 saturated heterocycles. The van der Waals surface area contributed by atoms with Crippen LogP contribution in [0.25, 0.3) is 0 Å². The molecule has 2 unspecified atom stereocenters. The topological polar surface area (TPSA) is 80.8 Å². The number of hydrogen-bond acceptors (Lipinski definition) is 5. The number of carbonyl (C=O) groups excluding carboxylic acids is 2. The third-order valence-corrected chi connectivity index (χ3v) is 5.36. The predicted molar refractivity (Wildman–Crippen MR) is 119 cm³/mol. The Labute approximate surface area is 200 Å². The summed E-state index contributed by atoms with van der Waals surface area (Å²) in [4.78, 5) is 29.9. The molecule has 1 fully saturated rings. The first kappa shape index (κ1) is 26.2. The molecule has 0 spiro atoms. The van der Waals surface area contributed by atoms with Crippen LogP contribution in [0.3, 0.4) is 0 Å². The standard InChI is InChI=1S/C24H27F4N3O4/c1-5-14-8-10-31(22(33)35-23(2,3)4)21(14)34-17-12-15(24(26,27)28)11-16(13-17)30-20(32)18-7-6-9-29-19(18)25/h6-7,9,11-14,21H,5,8,10H2,1-4H3,(H,30,32). The van der Waals surface area contributed by atoms with Crippen molar-refractivity contribution in [2.45, 2.75) is 58.5 Å². The number of nitrogens with zero attached hydrogens (tertiary/aromatic N) is 2. The number of anilines is 1. The number of hydrogen-bond donors (Lipinski definition) is 1. The minimum atomic E-state index is -4.75. The molecule has 190 valence electrons. The molecule has 0 bridgehead atoms. The lowest BCUT2D eigenvalue weighted by Gasteiger charge is -2.31. The molecule has 0 aliphatic carbocycles. The molecule has 0 saturated carbocycles. The third kappa shape index (κ3) is 6.61. The van der Waals surface area contributed by atoms with Crippen molar-refractivity contribution in [3.63, 3.8) is 0 Å². The second kappa shape index (κ2) is 10.1. The van der Waals surface area contributed by atoms with E-state index in [1.165, 1.54) is 17.0 Å². The van der Waals surface area contributed by atoms with Gasteiger partial charge in [-0.25, -0.2) is 9.78 Å². The minimum Gasteiger partial charge on any atom is -0.470 e. The van der Waals surface area contributed by atoms with Crippen LogP contribution in [0.5, 0.6) is 5.75 Å². The molecule has 2 heterocycles. The number of carbonyl (C=O) groups is 2. The number of ether oxygens (including phenoxy) is 2. The largest absolute Gasteiger partial charge is 0.470 e. The summed E-state index contributed by atoms with van der Waals surface area (Å²) in [6.45, 7) is 7.34.